The summed E-state index contributed by atoms with van der Waals surface area (Å²) in [4.78, 5) is 85.8. The van der Waals surface area contributed by atoms with Crippen LogP contribution in [0.3, 0.4) is 0 Å². The zero-order valence-corrected chi connectivity index (χ0v) is 83.8. The zero-order valence-electron chi connectivity index (χ0n) is 83.8. The summed E-state index contributed by atoms with van der Waals surface area (Å²) in [5, 5.41) is 6.43. The van der Waals surface area contributed by atoms with Crippen LogP contribution in [0.2, 0.25) is 0 Å². The van der Waals surface area contributed by atoms with Crippen molar-refractivity contribution in [3.05, 3.63) is 0 Å². The van der Waals surface area contributed by atoms with Crippen LogP contribution in [0.15, 0.2) is 0 Å². The van der Waals surface area contributed by atoms with E-state index in [2.05, 4.69) is 75.8 Å². The average molecular weight is 1740 g/mol. The Labute approximate surface area is 764 Å². The molecular formula is C109H212N4O10. The van der Waals surface area contributed by atoms with Crippen molar-refractivity contribution in [2.45, 2.75) is 582 Å². The number of amides is 2. The van der Waals surface area contributed by atoms with E-state index >= 15 is 0 Å². The first kappa shape index (κ1) is 120. The van der Waals surface area contributed by atoms with Crippen molar-refractivity contribution >= 4 is 35.7 Å². The predicted octanol–water partition coefficient (Wildman–Crippen LogP) is 31.6. The number of nitrogens with zero attached hydrogens (tertiary/aromatic N) is 2. The monoisotopic (exact) mass is 1740 g/mol. The summed E-state index contributed by atoms with van der Waals surface area (Å²) in [5.74, 6) is -0.521. The molecular weight excluding hydrogens is 1530 g/mol. The molecule has 2 N–H and O–H groups in total. The maximum Gasteiger partial charge on any atom is 0.308 e. The van der Waals surface area contributed by atoms with Gasteiger partial charge in [-0.15, -0.1) is 0 Å². The maximum atomic E-state index is 13.8. The molecule has 0 aliphatic rings. The summed E-state index contributed by atoms with van der Waals surface area (Å²) >= 11 is 0. The lowest BCUT2D eigenvalue weighted by Gasteiger charge is -2.23. The summed E-state index contributed by atoms with van der Waals surface area (Å²) in [7, 11) is 0. The van der Waals surface area contributed by atoms with Gasteiger partial charge in [-0.25, -0.2) is 0 Å². The summed E-state index contributed by atoms with van der Waals surface area (Å²) in [6.45, 7) is 27.4. The fourth-order valence-corrected chi connectivity index (χ4v) is 17.8. The molecule has 2 amide bonds. The normalized spacial score (nSPS) is 12.0. The molecule has 0 spiro atoms. The van der Waals surface area contributed by atoms with Gasteiger partial charge in [0.15, 0.2) is 0 Å². The third-order valence-electron chi connectivity index (χ3n) is 26.3. The molecule has 123 heavy (non-hydrogen) atoms. The van der Waals surface area contributed by atoms with Crippen molar-refractivity contribution < 1.29 is 47.7 Å². The van der Waals surface area contributed by atoms with Crippen LogP contribution >= 0.6 is 0 Å². The van der Waals surface area contributed by atoms with Crippen LogP contribution < -0.4 is 10.6 Å². The number of carbonyl (C=O) groups is 6. The highest BCUT2D eigenvalue weighted by molar-refractivity contribution is 5.85. The molecule has 1 atom stereocenters. The quantitative estimate of drug-likeness (QED) is 0.0336. The number of unbranched alkanes of at least 4 members (excludes halogenated alkanes) is 56. The lowest BCUT2D eigenvalue weighted by Crippen LogP contribution is -2.40. The molecule has 0 aromatic carbocycles. The molecule has 0 saturated carbocycles. The van der Waals surface area contributed by atoms with Gasteiger partial charge in [-0.05, 0) is 155 Å². The molecule has 1 unspecified atom stereocenters. The van der Waals surface area contributed by atoms with Gasteiger partial charge in [-0.3, -0.25) is 28.8 Å². The summed E-state index contributed by atoms with van der Waals surface area (Å²) in [5.41, 5.74) is 0. The Morgan fingerprint density at radius 2 is 0.463 bits per heavy atom. The van der Waals surface area contributed by atoms with E-state index in [-0.39, 0.29) is 66.2 Å². The fourth-order valence-electron chi connectivity index (χ4n) is 17.8. The fraction of sp³-hybridized carbons (Fsp3) is 0.945. The van der Waals surface area contributed by atoms with Crippen molar-refractivity contribution in [1.29, 1.82) is 0 Å². The molecule has 0 aliphatic heterocycles. The molecule has 0 aromatic heterocycles. The highest BCUT2D eigenvalue weighted by atomic mass is 16.6. The molecule has 14 nitrogen and oxygen atoms in total. The van der Waals surface area contributed by atoms with Crippen molar-refractivity contribution in [3.63, 3.8) is 0 Å². The first-order valence-corrected chi connectivity index (χ1v) is 55.0. The minimum atomic E-state index is -0.456. The molecule has 0 rings (SSSR count). The third kappa shape index (κ3) is 84.1. The van der Waals surface area contributed by atoms with E-state index < -0.39 is 5.92 Å². The molecule has 0 fully saturated rings. The minimum Gasteiger partial charge on any atom is -0.465 e. The van der Waals surface area contributed by atoms with Crippen LogP contribution in [0.4, 0.5) is 0 Å². The van der Waals surface area contributed by atoms with Gasteiger partial charge < -0.3 is 39.4 Å². The lowest BCUT2D eigenvalue weighted by molar-refractivity contribution is -0.151. The Kier molecular flexibility index (Phi) is 93.7. The van der Waals surface area contributed by atoms with E-state index in [0.717, 1.165) is 270 Å². The van der Waals surface area contributed by atoms with Crippen molar-refractivity contribution in [2.24, 2.45) is 17.8 Å². The van der Waals surface area contributed by atoms with E-state index in [1.54, 1.807) is 0 Å². The Morgan fingerprint density at radius 3 is 0.732 bits per heavy atom. The highest BCUT2D eigenvalue weighted by Gasteiger charge is 2.24. The number of rotatable bonds is 101. The second-order valence-electron chi connectivity index (χ2n) is 38.4. The Balaban J connectivity index is 5.87. The van der Waals surface area contributed by atoms with Gasteiger partial charge >= 0.3 is 23.9 Å². The predicted molar refractivity (Wildman–Crippen MR) is 527 cm³/mol. The molecule has 728 valence electrons. The third-order valence-corrected chi connectivity index (χ3v) is 26.3. The SMILES string of the molecule is CCCCCCCCC(CCCCCCCC)OC(=O)CCCCCCCN(CCCCCCCOC(=O)C(CCCCCCCC)CCCCCCCC)CCNC(=O)CC(C)C(=O)NCCN(CCCCCCCOC(=O)C(CCCCCCCC)CCCCCCCC)CCCCCCCC(=O)OC(CCCCCCCC)CCCCCCCC. The first-order valence-electron chi connectivity index (χ1n) is 55.0. The largest absolute Gasteiger partial charge is 0.465 e. The number of ether oxygens (including phenoxy) is 4. The van der Waals surface area contributed by atoms with Gasteiger partial charge in [0.05, 0.1) is 25.0 Å². The van der Waals surface area contributed by atoms with E-state index in [9.17, 15) is 28.8 Å². The maximum absolute atomic E-state index is 13.8. The highest BCUT2D eigenvalue weighted by Crippen LogP contribution is 2.26. The van der Waals surface area contributed by atoms with Gasteiger partial charge in [0, 0.05) is 51.4 Å². The summed E-state index contributed by atoms with van der Waals surface area (Å²) < 4.78 is 24.4. The summed E-state index contributed by atoms with van der Waals surface area (Å²) in [6, 6.07) is 0. The molecule has 0 aromatic rings. The minimum absolute atomic E-state index is 0.0148. The lowest BCUT2D eigenvalue weighted by atomic mass is 9.94. The van der Waals surface area contributed by atoms with Crippen molar-refractivity contribution in [2.75, 3.05) is 65.6 Å². The van der Waals surface area contributed by atoms with Gasteiger partial charge in [-0.2, -0.15) is 0 Å². The number of hydrogen-bond acceptors (Lipinski definition) is 12. The van der Waals surface area contributed by atoms with Crippen LogP contribution in [0.5, 0.6) is 0 Å². The number of carbonyl (C=O) groups excluding carboxylic acids is 6. The van der Waals surface area contributed by atoms with E-state index in [0.29, 0.717) is 39.1 Å². The van der Waals surface area contributed by atoms with Gasteiger partial charge in [0.2, 0.25) is 11.8 Å². The second kappa shape index (κ2) is 96.3. The smallest absolute Gasteiger partial charge is 0.308 e. The van der Waals surface area contributed by atoms with Crippen LogP contribution in [0, 0.1) is 17.8 Å². The van der Waals surface area contributed by atoms with Crippen LogP contribution in [-0.4, -0.2) is 123 Å². The molecule has 0 heterocycles. The van der Waals surface area contributed by atoms with Gasteiger partial charge in [-0.1, -0.05) is 422 Å². The van der Waals surface area contributed by atoms with E-state index in [1.165, 1.54) is 257 Å². The second-order valence-corrected chi connectivity index (χ2v) is 38.4. The van der Waals surface area contributed by atoms with E-state index in [4.69, 9.17) is 18.9 Å². The topological polar surface area (TPSA) is 170 Å². The number of hydrogen-bond donors (Lipinski definition) is 2. The zero-order chi connectivity index (χ0) is 89.7. The van der Waals surface area contributed by atoms with Crippen LogP contribution in [0.1, 0.15) is 570 Å². The van der Waals surface area contributed by atoms with Gasteiger partial charge in [0.25, 0.3) is 0 Å². The molecule has 0 bridgehead atoms. The van der Waals surface area contributed by atoms with Gasteiger partial charge in [0.1, 0.15) is 12.2 Å². The Morgan fingerprint density at radius 1 is 0.244 bits per heavy atom. The molecule has 0 aliphatic carbocycles. The number of nitrogens with one attached hydrogen (secondary N) is 2. The number of esters is 4. The average Bonchev–Trinajstić information content (AvgIpc) is 0.946. The van der Waals surface area contributed by atoms with Crippen molar-refractivity contribution in [3.8, 4) is 0 Å². The van der Waals surface area contributed by atoms with Crippen molar-refractivity contribution in [1.82, 2.24) is 20.4 Å². The van der Waals surface area contributed by atoms with Crippen LogP contribution in [-0.2, 0) is 47.7 Å². The first-order chi connectivity index (χ1) is 60.3. The van der Waals surface area contributed by atoms with Crippen LogP contribution in [0.25, 0.3) is 0 Å². The molecule has 0 saturated heterocycles. The summed E-state index contributed by atoms with van der Waals surface area (Å²) in [6.07, 6.45) is 89.7. The Bertz CT molecular complexity index is 2190. The molecule has 14 heteroatoms. The standard InChI is InChI=1S/C109H212N4O10/c1-10-18-26-34-46-62-78-100(79-63-47-35-27-19-11-2)108(118)120-96-76-60-44-58-74-91-112(90-72-56-42-54-70-86-105(115)122-102(82-66-50-38-30-22-14-5)83-67-51-39-31-23-15-6)94-88-110-104(114)98-99(9)107(117)111-89-95-113(92-73-57-43-55-71-87-106(116)123-103(84-68-52-40-32-24-16-7)85-69-53-41-33-25-17-8)93-75-59-45-61-77-97-121-109(119)101(80-64-48-36-28-20-12-3)81-65-49-37-29-21-13-4/h99-103H,10-98H2,1-9H3,(H,110,114)(H,111,117). The molecule has 0 radical (unpaired) electrons. The Hall–Kier alpha value is -3.26. The van der Waals surface area contributed by atoms with E-state index in [1.807, 2.05) is 6.92 Å².